The van der Waals surface area contributed by atoms with E-state index in [1.54, 1.807) is 35.5 Å². The van der Waals surface area contributed by atoms with Crippen molar-refractivity contribution in [2.75, 3.05) is 44.8 Å². The van der Waals surface area contributed by atoms with Crippen molar-refractivity contribution < 1.29 is 24.2 Å². The third kappa shape index (κ3) is 5.44. The fraction of sp³-hybridized carbons (Fsp3) is 0.300. The van der Waals surface area contributed by atoms with Crippen LogP contribution in [0.5, 0.6) is 11.5 Å². The van der Waals surface area contributed by atoms with Gasteiger partial charge in [-0.15, -0.1) is 0 Å². The van der Waals surface area contributed by atoms with Crippen LogP contribution in [0.1, 0.15) is 5.56 Å². The van der Waals surface area contributed by atoms with E-state index in [1.807, 2.05) is 4.90 Å². The topological polar surface area (TPSA) is 105 Å². The van der Waals surface area contributed by atoms with Gasteiger partial charge in [-0.3, -0.25) is 4.79 Å². The lowest BCUT2D eigenvalue weighted by Gasteiger charge is -2.34. The first-order valence-corrected chi connectivity index (χ1v) is 9.08. The Morgan fingerprint density at radius 3 is 2.59 bits per heavy atom. The molecule has 152 valence electrons. The van der Waals surface area contributed by atoms with Gasteiger partial charge in [0, 0.05) is 44.6 Å². The van der Waals surface area contributed by atoms with E-state index in [2.05, 4.69) is 9.97 Å². The van der Waals surface area contributed by atoms with Gasteiger partial charge in [-0.2, -0.15) is 0 Å². The van der Waals surface area contributed by atoms with Crippen molar-refractivity contribution in [3.8, 4) is 11.5 Å². The summed E-state index contributed by atoms with van der Waals surface area (Å²) in [6, 6.07) is 6.43. The summed E-state index contributed by atoms with van der Waals surface area (Å²) in [6.45, 7) is 1.94. The van der Waals surface area contributed by atoms with Gasteiger partial charge >= 0.3 is 5.97 Å². The molecule has 29 heavy (non-hydrogen) atoms. The molecule has 2 aromatic rings. The van der Waals surface area contributed by atoms with Gasteiger partial charge < -0.3 is 24.4 Å². The largest absolute Gasteiger partial charge is 0.504 e. The van der Waals surface area contributed by atoms with E-state index in [1.165, 1.54) is 25.3 Å². The van der Waals surface area contributed by atoms with E-state index in [9.17, 15) is 14.7 Å². The minimum atomic E-state index is -0.623. The van der Waals surface area contributed by atoms with Crippen molar-refractivity contribution in [3.63, 3.8) is 0 Å². The summed E-state index contributed by atoms with van der Waals surface area (Å²) >= 11 is 0. The molecule has 0 unspecified atom stereocenters. The van der Waals surface area contributed by atoms with Crippen LogP contribution in [0.4, 0.5) is 5.95 Å². The highest BCUT2D eigenvalue weighted by molar-refractivity contribution is 5.89. The van der Waals surface area contributed by atoms with Gasteiger partial charge in [0.2, 0.25) is 5.95 Å². The Labute approximate surface area is 168 Å². The second-order valence-corrected chi connectivity index (χ2v) is 6.29. The number of phenols is 1. The van der Waals surface area contributed by atoms with E-state index in [-0.39, 0.29) is 18.3 Å². The summed E-state index contributed by atoms with van der Waals surface area (Å²) in [5, 5.41) is 9.57. The molecule has 1 N–H and O–H groups in total. The Balaban J connectivity index is 1.44. The van der Waals surface area contributed by atoms with Crippen molar-refractivity contribution in [1.29, 1.82) is 0 Å². The number of aromatic hydroxyl groups is 1. The van der Waals surface area contributed by atoms with Crippen LogP contribution in [0, 0.1) is 0 Å². The molecule has 0 saturated carbocycles. The number of nitrogens with zero attached hydrogens (tertiary/aromatic N) is 4. The van der Waals surface area contributed by atoms with Gasteiger partial charge in [-0.1, -0.05) is 6.07 Å². The number of esters is 1. The lowest BCUT2D eigenvalue weighted by atomic mass is 10.2. The van der Waals surface area contributed by atoms with Crippen LogP contribution < -0.4 is 9.64 Å². The van der Waals surface area contributed by atoms with Gasteiger partial charge in [0.1, 0.15) is 0 Å². The smallest absolute Gasteiger partial charge is 0.331 e. The summed E-state index contributed by atoms with van der Waals surface area (Å²) in [7, 11) is 1.44. The number of anilines is 1. The minimum absolute atomic E-state index is 0.0109. The average molecular weight is 398 g/mol. The third-order valence-corrected chi connectivity index (χ3v) is 4.42. The minimum Gasteiger partial charge on any atom is -0.504 e. The molecule has 0 aliphatic carbocycles. The highest BCUT2D eigenvalue weighted by Gasteiger charge is 2.22. The van der Waals surface area contributed by atoms with Crippen LogP contribution in [0.3, 0.4) is 0 Å². The van der Waals surface area contributed by atoms with Crippen molar-refractivity contribution in [2.45, 2.75) is 0 Å². The normalized spacial score (nSPS) is 14.1. The van der Waals surface area contributed by atoms with Crippen LogP contribution in [0.25, 0.3) is 6.08 Å². The first kappa shape index (κ1) is 20.1. The maximum atomic E-state index is 12.3. The van der Waals surface area contributed by atoms with Crippen molar-refractivity contribution in [2.24, 2.45) is 0 Å². The molecule has 9 heteroatoms. The van der Waals surface area contributed by atoms with Crippen LogP contribution in [0.2, 0.25) is 0 Å². The van der Waals surface area contributed by atoms with Crippen LogP contribution in [-0.4, -0.2) is 71.7 Å². The molecule has 1 aliphatic heterocycles. The molecule has 3 rings (SSSR count). The lowest BCUT2D eigenvalue weighted by Crippen LogP contribution is -2.50. The van der Waals surface area contributed by atoms with Crippen molar-refractivity contribution >= 4 is 23.9 Å². The monoisotopic (exact) mass is 398 g/mol. The Morgan fingerprint density at radius 2 is 1.90 bits per heavy atom. The second-order valence-electron chi connectivity index (χ2n) is 6.29. The third-order valence-electron chi connectivity index (χ3n) is 4.42. The number of hydrogen-bond acceptors (Lipinski definition) is 8. The van der Waals surface area contributed by atoms with Gasteiger partial charge in [0.05, 0.1) is 7.11 Å². The molecule has 2 heterocycles. The molecular weight excluding hydrogens is 376 g/mol. The van der Waals surface area contributed by atoms with Crippen LogP contribution in [0.15, 0.2) is 42.7 Å². The number of ether oxygens (including phenoxy) is 2. The summed E-state index contributed by atoms with van der Waals surface area (Å²) in [5.74, 6) is 0.0860. The summed E-state index contributed by atoms with van der Waals surface area (Å²) in [4.78, 5) is 36.2. The van der Waals surface area contributed by atoms with Crippen LogP contribution >= 0.6 is 0 Å². The molecule has 1 aromatic heterocycles. The number of rotatable bonds is 6. The standard InChI is InChI=1S/C20H22N4O5/c1-28-17-13-15(3-5-16(17)25)4-6-19(27)29-14-18(26)23-9-11-24(12-10-23)20-21-7-2-8-22-20/h2-8,13,25H,9-12,14H2,1H3/b6-4+. The predicted octanol–water partition coefficient (Wildman–Crippen LogP) is 1.10. The Hall–Kier alpha value is -3.62. The van der Waals surface area contributed by atoms with E-state index >= 15 is 0 Å². The average Bonchev–Trinajstić information content (AvgIpc) is 2.77. The molecule has 1 amide bonds. The molecule has 9 nitrogen and oxygen atoms in total. The lowest BCUT2D eigenvalue weighted by molar-refractivity contribution is -0.148. The number of amides is 1. The Bertz CT molecular complexity index is 880. The summed E-state index contributed by atoms with van der Waals surface area (Å²) < 4.78 is 10.0. The highest BCUT2D eigenvalue weighted by atomic mass is 16.5. The summed E-state index contributed by atoms with van der Waals surface area (Å²) in [6.07, 6.45) is 6.11. The molecule has 1 aromatic carbocycles. The number of hydrogen-bond donors (Lipinski definition) is 1. The number of benzene rings is 1. The Kier molecular flexibility index (Phi) is 6.62. The Morgan fingerprint density at radius 1 is 1.17 bits per heavy atom. The number of carbonyl (C=O) groups excluding carboxylic acids is 2. The molecule has 0 bridgehead atoms. The predicted molar refractivity (Wildman–Crippen MR) is 105 cm³/mol. The van der Waals surface area contributed by atoms with Crippen molar-refractivity contribution in [1.82, 2.24) is 14.9 Å². The number of methoxy groups -OCH3 is 1. The molecule has 0 radical (unpaired) electrons. The van der Waals surface area contributed by atoms with Gasteiger partial charge in [-0.05, 0) is 29.8 Å². The maximum Gasteiger partial charge on any atom is 0.331 e. The highest BCUT2D eigenvalue weighted by Crippen LogP contribution is 2.26. The fourth-order valence-corrected chi connectivity index (χ4v) is 2.84. The van der Waals surface area contributed by atoms with Crippen LogP contribution in [-0.2, 0) is 14.3 Å². The molecule has 0 spiro atoms. The zero-order chi connectivity index (χ0) is 20.6. The molecule has 0 atom stereocenters. The number of phenolic OH excluding ortho intramolecular Hbond substituents is 1. The van der Waals surface area contributed by atoms with E-state index < -0.39 is 5.97 Å². The molecule has 1 saturated heterocycles. The van der Waals surface area contributed by atoms with Gasteiger partial charge in [0.15, 0.2) is 18.1 Å². The zero-order valence-corrected chi connectivity index (χ0v) is 16.0. The second kappa shape index (κ2) is 9.54. The number of piperazine rings is 1. The van der Waals surface area contributed by atoms with Gasteiger partial charge in [0.25, 0.3) is 5.91 Å². The number of aromatic nitrogens is 2. The fourth-order valence-electron chi connectivity index (χ4n) is 2.84. The van der Waals surface area contributed by atoms with E-state index in [0.717, 1.165) is 0 Å². The number of carbonyl (C=O) groups is 2. The summed E-state index contributed by atoms with van der Waals surface area (Å²) in [5.41, 5.74) is 0.655. The first-order chi connectivity index (χ1) is 14.1. The van der Waals surface area contributed by atoms with Gasteiger partial charge in [-0.25, -0.2) is 14.8 Å². The SMILES string of the molecule is COc1cc(/C=C/C(=O)OCC(=O)N2CCN(c3ncccn3)CC2)ccc1O. The maximum absolute atomic E-state index is 12.3. The molecule has 1 aliphatic rings. The molecular formula is C20H22N4O5. The van der Waals surface area contributed by atoms with E-state index in [0.29, 0.717) is 43.4 Å². The van der Waals surface area contributed by atoms with Crippen molar-refractivity contribution in [3.05, 3.63) is 48.3 Å². The first-order valence-electron chi connectivity index (χ1n) is 9.08. The quantitative estimate of drug-likeness (QED) is 0.570. The molecule has 1 fully saturated rings. The zero-order valence-electron chi connectivity index (χ0n) is 16.0. The van der Waals surface area contributed by atoms with E-state index in [4.69, 9.17) is 9.47 Å².